The number of aliphatic imine (C=N–C) groups is 1. The Balaban J connectivity index is 0.00000242. The maximum atomic E-state index is 6.04. The minimum absolute atomic E-state index is 0. The number of nitrogens with zero attached hydrogens (tertiary/aromatic N) is 1. The van der Waals surface area contributed by atoms with Crippen LogP contribution in [-0.4, -0.2) is 24.7 Å². The van der Waals surface area contributed by atoms with Crippen LogP contribution in [0.3, 0.4) is 0 Å². The van der Waals surface area contributed by atoms with Crippen LogP contribution in [-0.2, 0) is 0 Å². The number of benzene rings is 1. The monoisotopic (exact) mass is 413 g/mol. The number of hydrogen-bond donors (Lipinski definition) is 2. The Kier molecular flexibility index (Phi) is 7.01. The van der Waals surface area contributed by atoms with Crippen LogP contribution in [0.25, 0.3) is 0 Å². The van der Waals surface area contributed by atoms with Crippen molar-refractivity contribution in [3.63, 3.8) is 0 Å². The fourth-order valence-corrected chi connectivity index (χ4v) is 2.54. The van der Waals surface area contributed by atoms with Crippen molar-refractivity contribution in [2.75, 3.05) is 13.1 Å². The van der Waals surface area contributed by atoms with Crippen LogP contribution < -0.4 is 15.4 Å². The average molecular weight is 413 g/mol. The minimum Gasteiger partial charge on any atom is -0.487 e. The Morgan fingerprint density at radius 3 is 2.86 bits per heavy atom. The SMILES string of the molecule is C#CCN=C(NCC)NC1CC(C)(C)Oc2ccccc21.I. The lowest BCUT2D eigenvalue weighted by atomic mass is 9.90. The molecule has 1 aliphatic heterocycles. The first-order valence-electron chi connectivity index (χ1n) is 7.32. The topological polar surface area (TPSA) is 45.7 Å². The van der Waals surface area contributed by atoms with Gasteiger partial charge in [0, 0.05) is 18.5 Å². The summed E-state index contributed by atoms with van der Waals surface area (Å²) in [6.07, 6.45) is 6.16. The first-order chi connectivity index (χ1) is 10.1. The normalized spacial score (nSPS) is 19.0. The predicted octanol–water partition coefficient (Wildman–Crippen LogP) is 3.10. The van der Waals surface area contributed by atoms with Crippen molar-refractivity contribution in [3.8, 4) is 18.1 Å². The van der Waals surface area contributed by atoms with Gasteiger partial charge < -0.3 is 15.4 Å². The predicted molar refractivity (Wildman–Crippen MR) is 102 cm³/mol. The first-order valence-corrected chi connectivity index (χ1v) is 7.32. The van der Waals surface area contributed by atoms with E-state index in [1.54, 1.807) is 0 Å². The third kappa shape index (κ3) is 4.80. The van der Waals surface area contributed by atoms with Gasteiger partial charge >= 0.3 is 0 Å². The van der Waals surface area contributed by atoms with Gasteiger partial charge in [0.15, 0.2) is 5.96 Å². The Morgan fingerprint density at radius 1 is 1.45 bits per heavy atom. The average Bonchev–Trinajstić information content (AvgIpc) is 2.43. The zero-order valence-corrected chi connectivity index (χ0v) is 15.7. The maximum Gasteiger partial charge on any atom is 0.192 e. The summed E-state index contributed by atoms with van der Waals surface area (Å²) >= 11 is 0. The van der Waals surface area contributed by atoms with E-state index in [0.717, 1.165) is 30.2 Å². The van der Waals surface area contributed by atoms with E-state index >= 15 is 0 Å². The van der Waals surface area contributed by atoms with Gasteiger partial charge in [-0.15, -0.1) is 30.4 Å². The van der Waals surface area contributed by atoms with E-state index in [-0.39, 0.29) is 35.6 Å². The number of fused-ring (bicyclic) bond motifs is 1. The second-order valence-corrected chi connectivity index (χ2v) is 5.70. The molecule has 0 amide bonds. The minimum atomic E-state index is -0.213. The molecular weight excluding hydrogens is 389 g/mol. The van der Waals surface area contributed by atoms with Gasteiger partial charge in [0.25, 0.3) is 0 Å². The Labute approximate surface area is 150 Å². The standard InChI is InChI=1S/C17H23N3O.HI/c1-5-11-19-16(18-6-2)20-14-12-17(3,4)21-15-10-8-7-9-13(14)15;/h1,7-10,14H,6,11-12H2,2-4H3,(H2,18,19,20);1H. The molecule has 0 fully saturated rings. The highest BCUT2D eigenvalue weighted by Crippen LogP contribution is 2.39. The van der Waals surface area contributed by atoms with Crippen molar-refractivity contribution in [2.45, 2.75) is 38.8 Å². The Morgan fingerprint density at radius 2 is 2.18 bits per heavy atom. The van der Waals surface area contributed by atoms with Crippen molar-refractivity contribution in [3.05, 3.63) is 29.8 Å². The summed E-state index contributed by atoms with van der Waals surface area (Å²) < 4.78 is 6.04. The molecule has 120 valence electrons. The second-order valence-electron chi connectivity index (χ2n) is 5.70. The van der Waals surface area contributed by atoms with Gasteiger partial charge in [0.1, 0.15) is 17.9 Å². The van der Waals surface area contributed by atoms with E-state index in [1.165, 1.54) is 0 Å². The largest absolute Gasteiger partial charge is 0.487 e. The number of guanidine groups is 1. The summed E-state index contributed by atoms with van der Waals surface area (Å²) in [7, 11) is 0. The van der Waals surface area contributed by atoms with E-state index in [2.05, 4.69) is 41.5 Å². The van der Waals surface area contributed by atoms with Crippen molar-refractivity contribution < 1.29 is 4.74 Å². The summed E-state index contributed by atoms with van der Waals surface area (Å²) in [5.41, 5.74) is 0.943. The van der Waals surface area contributed by atoms with E-state index in [0.29, 0.717) is 6.54 Å². The maximum absolute atomic E-state index is 6.04. The highest BCUT2D eigenvalue weighted by molar-refractivity contribution is 14.0. The van der Waals surface area contributed by atoms with E-state index < -0.39 is 0 Å². The van der Waals surface area contributed by atoms with Crippen LogP contribution in [0.5, 0.6) is 5.75 Å². The van der Waals surface area contributed by atoms with Crippen molar-refractivity contribution in [1.29, 1.82) is 0 Å². The molecule has 1 unspecified atom stereocenters. The number of nitrogens with one attached hydrogen (secondary N) is 2. The molecule has 22 heavy (non-hydrogen) atoms. The fraction of sp³-hybridized carbons (Fsp3) is 0.471. The molecular formula is C17H24IN3O. The number of hydrogen-bond acceptors (Lipinski definition) is 2. The molecule has 2 N–H and O–H groups in total. The smallest absolute Gasteiger partial charge is 0.192 e. The molecule has 0 spiro atoms. The van der Waals surface area contributed by atoms with E-state index in [9.17, 15) is 0 Å². The quantitative estimate of drug-likeness (QED) is 0.347. The summed E-state index contributed by atoms with van der Waals surface area (Å²) in [5.74, 6) is 4.21. The third-order valence-electron chi connectivity index (χ3n) is 3.36. The van der Waals surface area contributed by atoms with Crippen LogP contribution >= 0.6 is 24.0 Å². The van der Waals surface area contributed by atoms with Crippen LogP contribution in [0.15, 0.2) is 29.3 Å². The van der Waals surface area contributed by atoms with Crippen LogP contribution in [0.2, 0.25) is 0 Å². The molecule has 0 aromatic heterocycles. The highest BCUT2D eigenvalue weighted by atomic mass is 127. The van der Waals surface area contributed by atoms with Crippen LogP contribution in [0, 0.1) is 12.3 Å². The molecule has 0 saturated heterocycles. The molecule has 1 aromatic carbocycles. The summed E-state index contributed by atoms with van der Waals surface area (Å²) in [5, 5.41) is 6.69. The van der Waals surface area contributed by atoms with Crippen LogP contribution in [0.1, 0.15) is 38.8 Å². The fourth-order valence-electron chi connectivity index (χ4n) is 2.54. The number of halogens is 1. The van der Waals surface area contributed by atoms with Crippen molar-refractivity contribution >= 4 is 29.9 Å². The molecule has 1 aliphatic rings. The Hall–Kier alpha value is -1.42. The van der Waals surface area contributed by atoms with Gasteiger partial charge in [-0.25, -0.2) is 4.99 Å². The Bertz CT molecular complexity index is 563. The third-order valence-corrected chi connectivity index (χ3v) is 3.36. The van der Waals surface area contributed by atoms with Gasteiger partial charge in [-0.1, -0.05) is 24.1 Å². The lowest BCUT2D eigenvalue weighted by molar-refractivity contribution is 0.0694. The highest BCUT2D eigenvalue weighted by Gasteiger charge is 2.33. The molecule has 1 atom stereocenters. The number of para-hydroxylation sites is 1. The van der Waals surface area contributed by atoms with E-state index in [4.69, 9.17) is 11.2 Å². The van der Waals surface area contributed by atoms with Crippen molar-refractivity contribution in [1.82, 2.24) is 10.6 Å². The van der Waals surface area contributed by atoms with Crippen molar-refractivity contribution in [2.24, 2.45) is 4.99 Å². The number of terminal acetylenes is 1. The lowest BCUT2D eigenvalue weighted by Gasteiger charge is -2.38. The zero-order valence-electron chi connectivity index (χ0n) is 13.3. The molecule has 0 bridgehead atoms. The molecule has 0 radical (unpaired) electrons. The van der Waals surface area contributed by atoms with Gasteiger partial charge in [0.05, 0.1) is 6.04 Å². The summed E-state index contributed by atoms with van der Waals surface area (Å²) in [6.45, 7) is 7.40. The molecule has 0 aliphatic carbocycles. The molecule has 0 saturated carbocycles. The summed E-state index contributed by atoms with van der Waals surface area (Å²) in [6, 6.07) is 8.28. The van der Waals surface area contributed by atoms with Gasteiger partial charge in [-0.2, -0.15) is 0 Å². The lowest BCUT2D eigenvalue weighted by Crippen LogP contribution is -2.45. The summed E-state index contributed by atoms with van der Waals surface area (Å²) in [4.78, 5) is 4.36. The number of ether oxygens (including phenoxy) is 1. The van der Waals surface area contributed by atoms with E-state index in [1.807, 2.05) is 25.1 Å². The first kappa shape index (κ1) is 18.6. The number of rotatable bonds is 3. The van der Waals surface area contributed by atoms with Crippen LogP contribution in [0.4, 0.5) is 0 Å². The van der Waals surface area contributed by atoms with Gasteiger partial charge in [-0.3, -0.25) is 0 Å². The molecule has 5 heteroatoms. The molecule has 4 nitrogen and oxygen atoms in total. The molecule has 1 aromatic rings. The second kappa shape index (κ2) is 8.28. The molecule has 2 rings (SSSR count). The zero-order chi connectivity index (χ0) is 15.3. The van der Waals surface area contributed by atoms with Gasteiger partial charge in [0.2, 0.25) is 0 Å². The van der Waals surface area contributed by atoms with Gasteiger partial charge in [-0.05, 0) is 26.8 Å². The molecule has 1 heterocycles.